The van der Waals surface area contributed by atoms with Gasteiger partial charge in [-0.2, -0.15) is 5.10 Å². The smallest absolute Gasteiger partial charge is 0.249 e. The summed E-state index contributed by atoms with van der Waals surface area (Å²) in [5, 5.41) is 7.99. The molecule has 1 amide bonds. The minimum Gasteiger partial charge on any atom is -0.493 e. The summed E-state index contributed by atoms with van der Waals surface area (Å²) in [5.41, 5.74) is 1.61. The van der Waals surface area contributed by atoms with Crippen LogP contribution in [0.5, 0.6) is 11.5 Å². The highest BCUT2D eigenvalue weighted by molar-refractivity contribution is 6.42. The minimum atomic E-state index is -0.293. The van der Waals surface area contributed by atoms with Gasteiger partial charge in [0.25, 0.3) is 0 Å². The lowest BCUT2D eigenvalue weighted by Gasteiger charge is -2.10. The zero-order valence-electron chi connectivity index (χ0n) is 15.9. The normalized spacial score (nSPS) is 10.9. The van der Waals surface area contributed by atoms with Crippen molar-refractivity contribution in [3.8, 4) is 11.5 Å². The SMILES string of the molecule is COc1ccc(/C=C/C(=O)Nc2ccnn2Cc2cccc(Cl)c2Cl)cc1OC. The first kappa shape index (κ1) is 20.8. The fourth-order valence-electron chi connectivity index (χ4n) is 2.69. The Labute approximate surface area is 178 Å². The molecule has 3 aromatic rings. The summed E-state index contributed by atoms with van der Waals surface area (Å²) in [6.07, 6.45) is 4.73. The van der Waals surface area contributed by atoms with Gasteiger partial charge < -0.3 is 14.8 Å². The van der Waals surface area contributed by atoms with Gasteiger partial charge in [-0.1, -0.05) is 41.4 Å². The van der Waals surface area contributed by atoms with Crippen LogP contribution in [0.25, 0.3) is 6.08 Å². The van der Waals surface area contributed by atoms with E-state index < -0.39 is 0 Å². The summed E-state index contributed by atoms with van der Waals surface area (Å²) < 4.78 is 12.1. The molecule has 0 saturated carbocycles. The first-order valence-electron chi connectivity index (χ1n) is 8.67. The second kappa shape index (κ2) is 9.49. The van der Waals surface area contributed by atoms with E-state index in [-0.39, 0.29) is 5.91 Å². The van der Waals surface area contributed by atoms with Crippen molar-refractivity contribution < 1.29 is 14.3 Å². The molecule has 0 aliphatic carbocycles. The molecule has 0 fully saturated rings. The Balaban J connectivity index is 1.70. The molecule has 0 aliphatic rings. The van der Waals surface area contributed by atoms with Crippen LogP contribution >= 0.6 is 23.2 Å². The summed E-state index contributed by atoms with van der Waals surface area (Å²) in [5.74, 6) is 1.46. The molecule has 3 rings (SSSR count). The number of aromatic nitrogens is 2. The molecule has 150 valence electrons. The van der Waals surface area contributed by atoms with Gasteiger partial charge >= 0.3 is 0 Å². The van der Waals surface area contributed by atoms with Crippen LogP contribution in [0.2, 0.25) is 10.0 Å². The molecule has 8 heteroatoms. The van der Waals surface area contributed by atoms with Crippen LogP contribution in [0, 0.1) is 0 Å². The number of rotatable bonds is 7. The zero-order valence-corrected chi connectivity index (χ0v) is 17.4. The van der Waals surface area contributed by atoms with Gasteiger partial charge in [0.1, 0.15) is 5.82 Å². The second-order valence-electron chi connectivity index (χ2n) is 6.02. The molecule has 0 radical (unpaired) electrons. The minimum absolute atomic E-state index is 0.293. The molecule has 0 atom stereocenters. The van der Waals surface area contributed by atoms with Crippen LogP contribution in [0.15, 0.2) is 54.7 Å². The van der Waals surface area contributed by atoms with Crippen molar-refractivity contribution in [2.45, 2.75) is 6.54 Å². The Bertz CT molecular complexity index is 1050. The number of nitrogens with one attached hydrogen (secondary N) is 1. The van der Waals surface area contributed by atoms with Gasteiger partial charge in [0.05, 0.1) is 37.0 Å². The number of benzene rings is 2. The largest absolute Gasteiger partial charge is 0.493 e. The number of amides is 1. The Kier molecular flexibility index (Phi) is 6.80. The fraction of sp³-hybridized carbons (Fsp3) is 0.143. The predicted octanol–water partition coefficient (Wildman–Crippen LogP) is 4.91. The van der Waals surface area contributed by atoms with Crippen molar-refractivity contribution in [3.05, 3.63) is 75.9 Å². The topological polar surface area (TPSA) is 65.4 Å². The van der Waals surface area contributed by atoms with Crippen molar-refractivity contribution in [1.82, 2.24) is 9.78 Å². The molecule has 0 aliphatic heterocycles. The van der Waals surface area contributed by atoms with E-state index in [0.717, 1.165) is 11.1 Å². The van der Waals surface area contributed by atoms with Crippen molar-refractivity contribution >= 4 is 41.0 Å². The first-order valence-corrected chi connectivity index (χ1v) is 9.43. The molecular formula is C21H19Cl2N3O3. The van der Waals surface area contributed by atoms with Crippen LogP contribution < -0.4 is 14.8 Å². The molecule has 0 spiro atoms. The standard InChI is InChI=1S/C21H19Cl2N3O3/c1-28-17-8-6-14(12-18(17)29-2)7-9-20(27)25-19-10-11-24-26(19)13-15-4-3-5-16(22)21(15)23/h3-12H,13H2,1-2H3,(H,25,27)/b9-7+. The number of carbonyl (C=O) groups excluding carboxylic acids is 1. The van der Waals surface area contributed by atoms with Gasteiger partial charge in [-0.05, 0) is 35.4 Å². The average Bonchev–Trinajstić information content (AvgIpc) is 3.16. The highest BCUT2D eigenvalue weighted by atomic mass is 35.5. The maximum atomic E-state index is 12.3. The van der Waals surface area contributed by atoms with E-state index in [1.165, 1.54) is 6.08 Å². The third-order valence-corrected chi connectivity index (χ3v) is 5.01. The summed E-state index contributed by atoms with van der Waals surface area (Å²) >= 11 is 12.3. The molecule has 2 aromatic carbocycles. The number of nitrogens with zero attached hydrogens (tertiary/aromatic N) is 2. The van der Waals surface area contributed by atoms with Gasteiger partial charge in [0, 0.05) is 12.1 Å². The van der Waals surface area contributed by atoms with E-state index >= 15 is 0 Å². The number of halogens is 2. The van der Waals surface area contributed by atoms with Gasteiger partial charge in [-0.3, -0.25) is 4.79 Å². The molecule has 1 heterocycles. The number of methoxy groups -OCH3 is 2. The second-order valence-corrected chi connectivity index (χ2v) is 6.81. The van der Waals surface area contributed by atoms with Gasteiger partial charge in [0.15, 0.2) is 11.5 Å². The van der Waals surface area contributed by atoms with E-state index in [0.29, 0.717) is 33.9 Å². The average molecular weight is 432 g/mol. The summed E-state index contributed by atoms with van der Waals surface area (Å²) in [7, 11) is 3.13. The Morgan fingerprint density at radius 1 is 1.14 bits per heavy atom. The number of anilines is 1. The monoisotopic (exact) mass is 431 g/mol. The van der Waals surface area contributed by atoms with Crippen molar-refractivity contribution in [2.24, 2.45) is 0 Å². The number of hydrogen-bond donors (Lipinski definition) is 1. The lowest BCUT2D eigenvalue weighted by Crippen LogP contribution is -2.14. The third kappa shape index (κ3) is 5.10. The molecule has 0 saturated heterocycles. The lowest BCUT2D eigenvalue weighted by molar-refractivity contribution is -0.111. The Morgan fingerprint density at radius 3 is 2.69 bits per heavy atom. The van der Waals surface area contributed by atoms with Crippen LogP contribution in [0.1, 0.15) is 11.1 Å². The molecule has 6 nitrogen and oxygen atoms in total. The third-order valence-electron chi connectivity index (χ3n) is 4.15. The number of ether oxygens (including phenoxy) is 2. The van der Waals surface area contributed by atoms with E-state index in [1.54, 1.807) is 55.4 Å². The van der Waals surface area contributed by atoms with Crippen molar-refractivity contribution in [3.63, 3.8) is 0 Å². The molecule has 1 aromatic heterocycles. The quantitative estimate of drug-likeness (QED) is 0.539. The van der Waals surface area contributed by atoms with E-state index in [2.05, 4.69) is 10.4 Å². The highest BCUT2D eigenvalue weighted by Gasteiger charge is 2.10. The van der Waals surface area contributed by atoms with E-state index in [9.17, 15) is 4.79 Å². The Hall–Kier alpha value is -2.96. The van der Waals surface area contributed by atoms with Crippen molar-refractivity contribution in [1.29, 1.82) is 0 Å². The van der Waals surface area contributed by atoms with Crippen LogP contribution in [-0.2, 0) is 11.3 Å². The predicted molar refractivity (Wildman–Crippen MR) is 115 cm³/mol. The van der Waals surface area contributed by atoms with Crippen LogP contribution in [0.4, 0.5) is 5.82 Å². The highest BCUT2D eigenvalue weighted by Crippen LogP contribution is 2.28. The van der Waals surface area contributed by atoms with E-state index in [1.807, 2.05) is 18.2 Å². The van der Waals surface area contributed by atoms with E-state index in [4.69, 9.17) is 32.7 Å². The maximum absolute atomic E-state index is 12.3. The maximum Gasteiger partial charge on any atom is 0.249 e. The summed E-state index contributed by atoms with van der Waals surface area (Å²) in [6.45, 7) is 0.376. The molecular weight excluding hydrogens is 413 g/mol. The number of carbonyl (C=O) groups is 1. The fourth-order valence-corrected chi connectivity index (χ4v) is 3.07. The van der Waals surface area contributed by atoms with Crippen LogP contribution in [-0.4, -0.2) is 29.9 Å². The van der Waals surface area contributed by atoms with Crippen molar-refractivity contribution in [2.75, 3.05) is 19.5 Å². The van der Waals surface area contributed by atoms with Gasteiger partial charge in [-0.25, -0.2) is 4.68 Å². The van der Waals surface area contributed by atoms with Gasteiger partial charge in [0.2, 0.25) is 5.91 Å². The molecule has 29 heavy (non-hydrogen) atoms. The molecule has 0 bridgehead atoms. The first-order chi connectivity index (χ1) is 14.0. The molecule has 0 unspecified atom stereocenters. The van der Waals surface area contributed by atoms with Gasteiger partial charge in [-0.15, -0.1) is 0 Å². The summed E-state index contributed by atoms with van der Waals surface area (Å²) in [4.78, 5) is 12.3. The Morgan fingerprint density at radius 2 is 1.93 bits per heavy atom. The number of hydrogen-bond acceptors (Lipinski definition) is 4. The summed E-state index contributed by atoms with van der Waals surface area (Å²) in [6, 6.07) is 12.5. The van der Waals surface area contributed by atoms with Crippen LogP contribution in [0.3, 0.4) is 0 Å². The lowest BCUT2D eigenvalue weighted by atomic mass is 10.2. The molecule has 1 N–H and O–H groups in total. The zero-order chi connectivity index (χ0) is 20.8.